The summed E-state index contributed by atoms with van der Waals surface area (Å²) in [5, 5.41) is 0. The number of carbonyl (C=O) groups excluding carboxylic acids is 1. The second kappa shape index (κ2) is 7.65. The predicted molar refractivity (Wildman–Crippen MR) is 62.4 cm³/mol. The van der Waals surface area contributed by atoms with Crippen LogP contribution in [0.15, 0.2) is 24.3 Å². The summed E-state index contributed by atoms with van der Waals surface area (Å²) in [7, 11) is 0. The molecular weight excluding hydrogens is 223 g/mol. The molecule has 0 aliphatic rings. The number of carbonyl (C=O) groups is 1. The van der Waals surface area contributed by atoms with Gasteiger partial charge in [-0.2, -0.15) is 0 Å². The van der Waals surface area contributed by atoms with Crippen molar-refractivity contribution in [3.63, 3.8) is 0 Å². The highest BCUT2D eigenvalue weighted by atomic mass is 19.1. The van der Waals surface area contributed by atoms with Gasteiger partial charge in [-0.3, -0.25) is 4.79 Å². The lowest BCUT2D eigenvalue weighted by atomic mass is 10.3. The number of benzene rings is 1. The van der Waals surface area contributed by atoms with Gasteiger partial charge in [0, 0.05) is 0 Å². The molecule has 0 fully saturated rings. The van der Waals surface area contributed by atoms with E-state index in [-0.39, 0.29) is 24.7 Å². The van der Waals surface area contributed by atoms with Gasteiger partial charge in [0.15, 0.2) is 11.6 Å². The molecule has 0 heterocycles. The van der Waals surface area contributed by atoms with Crippen molar-refractivity contribution in [3.05, 3.63) is 30.1 Å². The number of para-hydroxylation sites is 1. The van der Waals surface area contributed by atoms with Crippen LogP contribution in [0.3, 0.4) is 0 Å². The van der Waals surface area contributed by atoms with Crippen LogP contribution in [0.1, 0.15) is 26.2 Å². The topological polar surface area (TPSA) is 35.5 Å². The van der Waals surface area contributed by atoms with E-state index in [0.29, 0.717) is 6.61 Å². The van der Waals surface area contributed by atoms with Crippen LogP contribution in [0.25, 0.3) is 0 Å². The number of rotatable bonds is 7. The van der Waals surface area contributed by atoms with Gasteiger partial charge in [-0.15, -0.1) is 0 Å². The van der Waals surface area contributed by atoms with E-state index >= 15 is 0 Å². The summed E-state index contributed by atoms with van der Waals surface area (Å²) in [5.41, 5.74) is 0. The molecule has 0 amide bonds. The molecular formula is C13H17FO3. The zero-order chi connectivity index (χ0) is 12.5. The Bertz CT molecular complexity index is 352. The highest BCUT2D eigenvalue weighted by Crippen LogP contribution is 2.15. The molecule has 17 heavy (non-hydrogen) atoms. The van der Waals surface area contributed by atoms with Gasteiger partial charge >= 0.3 is 5.97 Å². The summed E-state index contributed by atoms with van der Waals surface area (Å²) in [5.74, 6) is -0.574. The van der Waals surface area contributed by atoms with Crippen LogP contribution in [0.4, 0.5) is 4.39 Å². The summed E-state index contributed by atoms with van der Waals surface area (Å²) in [4.78, 5) is 11.2. The predicted octanol–water partition coefficient (Wildman–Crippen LogP) is 2.94. The van der Waals surface area contributed by atoms with E-state index in [1.54, 1.807) is 12.1 Å². The lowest BCUT2D eigenvalue weighted by molar-refractivity contribution is -0.144. The van der Waals surface area contributed by atoms with Crippen LogP contribution in [0.2, 0.25) is 0 Å². The summed E-state index contributed by atoms with van der Waals surface area (Å²) in [6.07, 6.45) is 1.98. The second-order valence-electron chi connectivity index (χ2n) is 3.60. The van der Waals surface area contributed by atoms with Gasteiger partial charge in [0.2, 0.25) is 0 Å². The van der Waals surface area contributed by atoms with Crippen molar-refractivity contribution in [2.24, 2.45) is 0 Å². The second-order valence-corrected chi connectivity index (χ2v) is 3.60. The highest BCUT2D eigenvalue weighted by molar-refractivity contribution is 5.69. The van der Waals surface area contributed by atoms with Crippen molar-refractivity contribution < 1.29 is 18.7 Å². The fourth-order valence-corrected chi connectivity index (χ4v) is 1.21. The lowest BCUT2D eigenvalue weighted by Gasteiger charge is -2.07. The van der Waals surface area contributed by atoms with Crippen LogP contribution in [0, 0.1) is 5.82 Å². The Balaban J connectivity index is 2.19. The number of esters is 1. The number of hydrogen-bond acceptors (Lipinski definition) is 3. The Labute approximate surface area is 101 Å². The average molecular weight is 240 g/mol. The molecule has 0 atom stereocenters. The third-order valence-corrected chi connectivity index (χ3v) is 2.16. The minimum Gasteiger partial charge on any atom is -0.490 e. The summed E-state index contributed by atoms with van der Waals surface area (Å²) in [6.45, 7) is 2.59. The molecule has 94 valence electrons. The smallest absolute Gasteiger partial charge is 0.309 e. The minimum absolute atomic E-state index is 0.131. The maximum atomic E-state index is 13.1. The van der Waals surface area contributed by atoms with Crippen molar-refractivity contribution >= 4 is 5.97 Å². The average Bonchev–Trinajstić information content (AvgIpc) is 2.32. The van der Waals surface area contributed by atoms with Crippen molar-refractivity contribution in [3.8, 4) is 5.75 Å². The van der Waals surface area contributed by atoms with Crippen LogP contribution >= 0.6 is 0 Å². The van der Waals surface area contributed by atoms with Crippen LogP contribution < -0.4 is 4.74 Å². The molecule has 0 aliphatic heterocycles. The quantitative estimate of drug-likeness (QED) is 0.543. The van der Waals surface area contributed by atoms with E-state index in [9.17, 15) is 9.18 Å². The van der Waals surface area contributed by atoms with Crippen molar-refractivity contribution in [2.45, 2.75) is 26.2 Å². The first-order valence-corrected chi connectivity index (χ1v) is 5.77. The number of unbranched alkanes of at least 4 members (excludes halogenated alkanes) is 1. The largest absolute Gasteiger partial charge is 0.490 e. The number of hydrogen-bond donors (Lipinski definition) is 0. The molecule has 0 saturated heterocycles. The van der Waals surface area contributed by atoms with Crippen LogP contribution in [-0.2, 0) is 9.53 Å². The Morgan fingerprint density at radius 2 is 2.06 bits per heavy atom. The monoisotopic (exact) mass is 240 g/mol. The first-order valence-electron chi connectivity index (χ1n) is 5.77. The fourth-order valence-electron chi connectivity index (χ4n) is 1.21. The molecule has 4 heteroatoms. The normalized spacial score (nSPS) is 10.0. The molecule has 1 rings (SSSR count). The maximum Gasteiger partial charge on any atom is 0.309 e. The van der Waals surface area contributed by atoms with Gasteiger partial charge in [0.1, 0.15) is 0 Å². The Morgan fingerprint density at radius 1 is 1.29 bits per heavy atom. The summed E-state index contributed by atoms with van der Waals surface area (Å²) < 4.78 is 23.2. The van der Waals surface area contributed by atoms with Gasteiger partial charge in [-0.05, 0) is 18.6 Å². The standard InChI is InChI=1S/C13H17FO3/c1-2-3-9-17-13(15)8-10-16-12-7-5-4-6-11(12)14/h4-7H,2-3,8-10H2,1H3. The molecule has 0 unspecified atom stereocenters. The maximum absolute atomic E-state index is 13.1. The fraction of sp³-hybridized carbons (Fsp3) is 0.462. The Hall–Kier alpha value is -1.58. The lowest BCUT2D eigenvalue weighted by Crippen LogP contribution is -2.11. The third-order valence-electron chi connectivity index (χ3n) is 2.16. The van der Waals surface area contributed by atoms with Gasteiger partial charge in [-0.25, -0.2) is 4.39 Å². The zero-order valence-electron chi connectivity index (χ0n) is 9.95. The van der Waals surface area contributed by atoms with Crippen molar-refractivity contribution in [1.82, 2.24) is 0 Å². The molecule has 0 N–H and O–H groups in total. The Kier molecular flexibility index (Phi) is 6.07. The number of ether oxygens (including phenoxy) is 2. The molecule has 0 saturated carbocycles. The van der Waals surface area contributed by atoms with Crippen LogP contribution in [0.5, 0.6) is 5.75 Å². The van der Waals surface area contributed by atoms with E-state index in [2.05, 4.69) is 0 Å². The summed E-state index contributed by atoms with van der Waals surface area (Å²) in [6, 6.07) is 6.10. The first-order chi connectivity index (χ1) is 8.24. The SMILES string of the molecule is CCCCOC(=O)CCOc1ccccc1F. The molecule has 0 aliphatic carbocycles. The molecule has 1 aromatic carbocycles. The van der Waals surface area contributed by atoms with Crippen molar-refractivity contribution in [2.75, 3.05) is 13.2 Å². The minimum atomic E-state index is -0.424. The van der Waals surface area contributed by atoms with Gasteiger partial charge in [-0.1, -0.05) is 25.5 Å². The van der Waals surface area contributed by atoms with E-state index in [0.717, 1.165) is 12.8 Å². The van der Waals surface area contributed by atoms with Gasteiger partial charge < -0.3 is 9.47 Å². The molecule has 0 radical (unpaired) electrons. The molecule has 0 bridgehead atoms. The van der Waals surface area contributed by atoms with E-state index in [1.165, 1.54) is 12.1 Å². The molecule has 3 nitrogen and oxygen atoms in total. The molecule has 1 aromatic rings. The molecule has 0 aromatic heterocycles. The zero-order valence-corrected chi connectivity index (χ0v) is 9.95. The summed E-state index contributed by atoms with van der Waals surface area (Å²) >= 11 is 0. The van der Waals surface area contributed by atoms with Gasteiger partial charge in [0.25, 0.3) is 0 Å². The highest BCUT2D eigenvalue weighted by Gasteiger charge is 2.05. The van der Waals surface area contributed by atoms with Gasteiger partial charge in [0.05, 0.1) is 19.6 Å². The number of halogens is 1. The molecule has 0 spiro atoms. The van der Waals surface area contributed by atoms with E-state index < -0.39 is 5.82 Å². The van der Waals surface area contributed by atoms with Crippen LogP contribution in [-0.4, -0.2) is 19.2 Å². The van der Waals surface area contributed by atoms with Crippen molar-refractivity contribution in [1.29, 1.82) is 0 Å². The van der Waals surface area contributed by atoms with E-state index in [4.69, 9.17) is 9.47 Å². The first kappa shape index (κ1) is 13.5. The third kappa shape index (κ3) is 5.33. The van der Waals surface area contributed by atoms with E-state index in [1.807, 2.05) is 6.92 Å². The Morgan fingerprint density at radius 3 is 2.76 bits per heavy atom.